The average molecular weight is 203 g/mol. The van der Waals surface area contributed by atoms with Gasteiger partial charge in [0.2, 0.25) is 0 Å². The molecule has 0 radical (unpaired) electrons. The lowest BCUT2D eigenvalue weighted by molar-refractivity contribution is 0.361. The molecule has 0 saturated heterocycles. The molecule has 0 fully saturated rings. The Labute approximate surface area is 88.1 Å². The highest BCUT2D eigenvalue weighted by molar-refractivity contribution is 5.45. The van der Waals surface area contributed by atoms with Crippen LogP contribution in [0.5, 0.6) is 0 Å². The summed E-state index contributed by atoms with van der Waals surface area (Å²) in [5, 5.41) is 0. The van der Waals surface area contributed by atoms with Gasteiger partial charge in [0.15, 0.2) is 0 Å². The molecule has 3 nitrogen and oxygen atoms in total. The summed E-state index contributed by atoms with van der Waals surface area (Å²) in [5.74, 6) is 1.02. The first-order chi connectivity index (χ1) is 7.29. The third-order valence-corrected chi connectivity index (χ3v) is 2.16. The molecule has 78 valence electrons. The van der Waals surface area contributed by atoms with Crippen LogP contribution in [0.15, 0.2) is 44.4 Å². The van der Waals surface area contributed by atoms with Crippen LogP contribution in [0.1, 0.15) is 18.2 Å². The molecule has 2 rings (SSSR count). The number of nitrogens with zero attached hydrogens (tertiary/aromatic N) is 1. The van der Waals surface area contributed by atoms with Crippen LogP contribution in [-0.2, 0) is 6.42 Å². The molecule has 0 unspecified atom stereocenters. The van der Waals surface area contributed by atoms with Gasteiger partial charge in [0.05, 0.1) is 5.69 Å². The van der Waals surface area contributed by atoms with Gasteiger partial charge in [-0.1, -0.05) is 25.1 Å². The largest absolute Gasteiger partial charge is 0.415 e. The minimum Gasteiger partial charge on any atom is -0.415 e. The van der Waals surface area contributed by atoms with Crippen molar-refractivity contribution in [3.8, 4) is 0 Å². The maximum absolute atomic E-state index is 5.25. The Morgan fingerprint density at radius 2 is 2.07 bits per heavy atom. The van der Waals surface area contributed by atoms with Crippen molar-refractivity contribution in [1.82, 2.24) is 0 Å². The first-order valence-corrected chi connectivity index (χ1v) is 4.97. The quantitative estimate of drug-likeness (QED) is 0.752. The van der Waals surface area contributed by atoms with Gasteiger partial charge in [-0.05, 0) is 25.0 Å². The Bertz CT molecular complexity index is 508. The summed E-state index contributed by atoms with van der Waals surface area (Å²) < 4.78 is 10.4. The van der Waals surface area contributed by atoms with Gasteiger partial charge < -0.3 is 8.83 Å². The molecule has 0 bridgehead atoms. The standard InChI is InChI=1S/C12H13NO2/c1-3-10-6-4-5-7-11(10)13-12-14-8-9(2)15-12/h4-8H,3H2,1-2H3. The molecule has 2 aromatic rings. The molecule has 1 heterocycles. The van der Waals surface area contributed by atoms with E-state index in [-0.39, 0.29) is 0 Å². The molecule has 15 heavy (non-hydrogen) atoms. The summed E-state index contributed by atoms with van der Waals surface area (Å²) in [7, 11) is 0. The monoisotopic (exact) mass is 203 g/mol. The van der Waals surface area contributed by atoms with E-state index in [0.29, 0.717) is 5.75 Å². The van der Waals surface area contributed by atoms with Crippen molar-refractivity contribution >= 4 is 5.69 Å². The Kier molecular flexibility index (Phi) is 2.72. The molecule has 0 aliphatic rings. The predicted molar refractivity (Wildman–Crippen MR) is 56.8 cm³/mol. The number of para-hydroxylation sites is 1. The predicted octanol–water partition coefficient (Wildman–Crippen LogP) is 2.98. The number of aryl methyl sites for hydroxylation is 2. The molecule has 0 aliphatic carbocycles. The van der Waals surface area contributed by atoms with Crippen LogP contribution in [0, 0.1) is 6.92 Å². The smallest absolute Gasteiger partial charge is 0.399 e. The summed E-state index contributed by atoms with van der Waals surface area (Å²) in [6, 6.07) is 7.96. The fourth-order valence-corrected chi connectivity index (χ4v) is 1.39. The highest BCUT2D eigenvalue weighted by atomic mass is 16.5. The third kappa shape index (κ3) is 2.18. The van der Waals surface area contributed by atoms with E-state index in [1.807, 2.05) is 25.1 Å². The van der Waals surface area contributed by atoms with Gasteiger partial charge in [0.25, 0.3) is 0 Å². The van der Waals surface area contributed by atoms with E-state index >= 15 is 0 Å². The number of benzene rings is 1. The molecule has 0 saturated carbocycles. The molecule has 1 aromatic carbocycles. The number of rotatable bonds is 2. The van der Waals surface area contributed by atoms with Crippen LogP contribution in [0.3, 0.4) is 0 Å². The van der Waals surface area contributed by atoms with E-state index in [1.165, 1.54) is 5.56 Å². The molecular weight excluding hydrogens is 190 g/mol. The van der Waals surface area contributed by atoms with Crippen molar-refractivity contribution in [1.29, 1.82) is 0 Å². The van der Waals surface area contributed by atoms with Crippen LogP contribution >= 0.6 is 0 Å². The van der Waals surface area contributed by atoms with Crippen LogP contribution in [0.25, 0.3) is 0 Å². The summed E-state index contributed by atoms with van der Waals surface area (Å²) >= 11 is 0. The summed E-state index contributed by atoms with van der Waals surface area (Å²) in [5.41, 5.74) is 2.08. The zero-order chi connectivity index (χ0) is 10.7. The second-order valence-electron chi connectivity index (χ2n) is 3.31. The van der Waals surface area contributed by atoms with Crippen LogP contribution in [-0.4, -0.2) is 0 Å². The van der Waals surface area contributed by atoms with Crippen molar-refractivity contribution in [2.75, 3.05) is 0 Å². The van der Waals surface area contributed by atoms with Gasteiger partial charge in [0, 0.05) is 0 Å². The number of hydrogen-bond donors (Lipinski definition) is 0. The minimum absolute atomic E-state index is 0.299. The Morgan fingerprint density at radius 1 is 1.27 bits per heavy atom. The highest BCUT2D eigenvalue weighted by Crippen LogP contribution is 2.18. The van der Waals surface area contributed by atoms with Gasteiger partial charge >= 0.3 is 5.75 Å². The van der Waals surface area contributed by atoms with Crippen molar-refractivity contribution in [2.24, 2.45) is 4.99 Å². The molecule has 0 atom stereocenters. The van der Waals surface area contributed by atoms with E-state index in [2.05, 4.69) is 18.0 Å². The lowest BCUT2D eigenvalue weighted by atomic mass is 10.1. The molecule has 0 aliphatic heterocycles. The van der Waals surface area contributed by atoms with Crippen LogP contribution < -0.4 is 5.75 Å². The Morgan fingerprint density at radius 3 is 2.73 bits per heavy atom. The molecular formula is C12H13NO2. The van der Waals surface area contributed by atoms with E-state index in [1.54, 1.807) is 6.26 Å². The van der Waals surface area contributed by atoms with E-state index in [4.69, 9.17) is 8.83 Å². The molecule has 0 spiro atoms. The molecule has 3 heteroatoms. The summed E-state index contributed by atoms with van der Waals surface area (Å²) in [6.45, 7) is 3.92. The Balaban J connectivity index is 2.47. The SMILES string of the molecule is CCc1ccccc1N=c1occ(C)o1. The third-order valence-electron chi connectivity index (χ3n) is 2.16. The van der Waals surface area contributed by atoms with Gasteiger partial charge in [0.1, 0.15) is 12.0 Å². The molecule has 1 aromatic heterocycles. The topological polar surface area (TPSA) is 38.6 Å². The second-order valence-corrected chi connectivity index (χ2v) is 3.31. The summed E-state index contributed by atoms with van der Waals surface area (Å²) in [4.78, 5) is 4.30. The Hall–Kier alpha value is -1.77. The average Bonchev–Trinajstić information content (AvgIpc) is 2.65. The van der Waals surface area contributed by atoms with Crippen molar-refractivity contribution in [3.63, 3.8) is 0 Å². The highest BCUT2D eigenvalue weighted by Gasteiger charge is 1.99. The number of hydrogen-bond acceptors (Lipinski definition) is 3. The fraction of sp³-hybridized carbons (Fsp3) is 0.250. The molecule has 0 N–H and O–H groups in total. The minimum atomic E-state index is 0.299. The van der Waals surface area contributed by atoms with Crippen molar-refractivity contribution in [3.05, 3.63) is 47.6 Å². The van der Waals surface area contributed by atoms with Crippen molar-refractivity contribution in [2.45, 2.75) is 20.3 Å². The van der Waals surface area contributed by atoms with Gasteiger partial charge in [-0.25, -0.2) is 0 Å². The first kappa shape index (κ1) is 9.77. The normalized spacial score (nSPS) is 12.0. The lowest BCUT2D eigenvalue weighted by Crippen LogP contribution is -1.93. The molecule has 0 amide bonds. The summed E-state index contributed by atoms with van der Waals surface area (Å²) in [6.07, 6.45) is 2.49. The van der Waals surface area contributed by atoms with Crippen molar-refractivity contribution < 1.29 is 8.83 Å². The zero-order valence-electron chi connectivity index (χ0n) is 8.86. The fourth-order valence-electron chi connectivity index (χ4n) is 1.39. The maximum atomic E-state index is 5.25. The zero-order valence-corrected chi connectivity index (χ0v) is 8.86. The van der Waals surface area contributed by atoms with Gasteiger partial charge in [-0.3, -0.25) is 0 Å². The van der Waals surface area contributed by atoms with Crippen LogP contribution in [0.2, 0.25) is 0 Å². The maximum Gasteiger partial charge on any atom is 0.399 e. The first-order valence-electron chi connectivity index (χ1n) is 4.97. The second kappa shape index (κ2) is 4.17. The van der Waals surface area contributed by atoms with E-state index in [9.17, 15) is 0 Å². The van der Waals surface area contributed by atoms with E-state index in [0.717, 1.165) is 17.9 Å². The van der Waals surface area contributed by atoms with E-state index < -0.39 is 0 Å². The van der Waals surface area contributed by atoms with Gasteiger partial charge in [-0.2, -0.15) is 4.99 Å². The van der Waals surface area contributed by atoms with Gasteiger partial charge in [-0.15, -0.1) is 0 Å². The lowest BCUT2D eigenvalue weighted by Gasteiger charge is -1.98. The van der Waals surface area contributed by atoms with Crippen LogP contribution in [0.4, 0.5) is 5.69 Å².